The van der Waals surface area contributed by atoms with E-state index in [1.54, 1.807) is 30.1 Å². The largest absolute Gasteiger partial charge is 0.355 e. The van der Waals surface area contributed by atoms with E-state index >= 15 is 0 Å². The summed E-state index contributed by atoms with van der Waals surface area (Å²) in [6.45, 7) is 2.33. The molecule has 0 saturated carbocycles. The van der Waals surface area contributed by atoms with Gasteiger partial charge in [-0.3, -0.25) is 9.89 Å². The monoisotopic (exact) mass is 500 g/mol. The van der Waals surface area contributed by atoms with Gasteiger partial charge in [-0.1, -0.05) is 12.1 Å². The first-order valence-corrected chi connectivity index (χ1v) is 12.9. The highest BCUT2D eigenvalue weighted by molar-refractivity contribution is 5.87. The first kappa shape index (κ1) is 22.4. The third-order valence-corrected chi connectivity index (χ3v) is 8.70. The molecule has 3 N–H and O–H groups in total. The van der Waals surface area contributed by atoms with Gasteiger partial charge in [-0.25, -0.2) is 14.4 Å². The van der Waals surface area contributed by atoms with Crippen molar-refractivity contribution in [2.45, 2.75) is 38.1 Å². The number of piperidine rings is 1. The van der Waals surface area contributed by atoms with Crippen LogP contribution in [0.4, 0.5) is 21.7 Å². The number of aryl methyl sites for hydroxylation is 1. The summed E-state index contributed by atoms with van der Waals surface area (Å²) < 4.78 is 16.1. The number of benzene rings is 1. The predicted octanol–water partition coefficient (Wildman–Crippen LogP) is 3.12. The molecular formula is C27H29FN8O. The number of hydrogen-bond acceptors (Lipinski definition) is 7. The molecule has 1 aliphatic carbocycles. The predicted molar refractivity (Wildman–Crippen MR) is 140 cm³/mol. The molecule has 0 amide bonds. The molecule has 1 saturated heterocycles. The van der Waals surface area contributed by atoms with Gasteiger partial charge in [-0.05, 0) is 60.8 Å². The quantitative estimate of drug-likeness (QED) is 0.435. The molecule has 0 unspecified atom stereocenters. The Kier molecular flexibility index (Phi) is 4.91. The molecule has 3 aliphatic rings. The molecule has 37 heavy (non-hydrogen) atoms. The Balaban J connectivity index is 1.14. The molecule has 0 bridgehead atoms. The highest BCUT2D eigenvalue weighted by atomic mass is 19.1. The van der Waals surface area contributed by atoms with E-state index in [0.29, 0.717) is 23.4 Å². The van der Waals surface area contributed by atoms with Crippen molar-refractivity contribution in [3.63, 3.8) is 0 Å². The zero-order valence-electron chi connectivity index (χ0n) is 20.7. The number of hydrogen-bond donors (Lipinski definition) is 2. The van der Waals surface area contributed by atoms with Gasteiger partial charge in [0.05, 0.1) is 11.9 Å². The lowest BCUT2D eigenvalue weighted by Gasteiger charge is -2.42. The van der Waals surface area contributed by atoms with E-state index in [0.717, 1.165) is 73.5 Å². The van der Waals surface area contributed by atoms with Gasteiger partial charge in [-0.15, -0.1) is 0 Å². The van der Waals surface area contributed by atoms with E-state index in [1.807, 2.05) is 12.1 Å². The number of halogens is 1. The average Bonchev–Trinajstić information content (AvgIpc) is 3.46. The van der Waals surface area contributed by atoms with Crippen LogP contribution in [-0.4, -0.2) is 44.4 Å². The standard InChI is InChI=1S/C27H29FN8O/c1-34-11-7-20-17(26(34)37)5-3-10-36(20)25-22-24(32-33-25)31-21(15-30-22)35-12-8-27(9-13-35)14-18-16(23(27)29)4-2-6-19(18)28/h2,4,6-7,11,15,23H,3,5,8-10,12-14,29H2,1H3,(H,31,32,33)/t23-/m1/s1. The Morgan fingerprint density at radius 1 is 1.16 bits per heavy atom. The van der Waals surface area contributed by atoms with Crippen LogP contribution in [0.5, 0.6) is 0 Å². The van der Waals surface area contributed by atoms with Crippen molar-refractivity contribution in [3.05, 3.63) is 69.5 Å². The second-order valence-corrected chi connectivity index (χ2v) is 10.6. The van der Waals surface area contributed by atoms with Crippen molar-refractivity contribution < 1.29 is 4.39 Å². The van der Waals surface area contributed by atoms with Gasteiger partial charge < -0.3 is 20.1 Å². The molecule has 1 spiro atoms. The minimum atomic E-state index is -0.145. The Morgan fingerprint density at radius 2 is 2.00 bits per heavy atom. The average molecular weight is 501 g/mol. The van der Waals surface area contributed by atoms with Gasteiger partial charge in [0.25, 0.3) is 5.56 Å². The fraction of sp³-hybridized carbons (Fsp3) is 0.407. The minimum Gasteiger partial charge on any atom is -0.355 e. The maximum atomic E-state index is 14.4. The number of fused-ring (bicyclic) bond motifs is 3. The molecule has 9 nitrogen and oxygen atoms in total. The number of nitrogens with zero attached hydrogens (tertiary/aromatic N) is 6. The van der Waals surface area contributed by atoms with Crippen LogP contribution < -0.4 is 21.1 Å². The third-order valence-electron chi connectivity index (χ3n) is 8.70. The highest BCUT2D eigenvalue weighted by Gasteiger charge is 2.47. The van der Waals surface area contributed by atoms with Gasteiger partial charge in [0, 0.05) is 44.5 Å². The Hall–Kier alpha value is -3.79. The van der Waals surface area contributed by atoms with Crippen molar-refractivity contribution >= 4 is 28.5 Å². The zero-order chi connectivity index (χ0) is 25.3. The Labute approximate surface area is 213 Å². The number of anilines is 3. The molecule has 5 heterocycles. The Bertz CT molecular complexity index is 1590. The summed E-state index contributed by atoms with van der Waals surface area (Å²) in [5.74, 6) is 1.34. The van der Waals surface area contributed by atoms with Crippen LogP contribution in [-0.2, 0) is 19.9 Å². The second kappa shape index (κ2) is 8.11. The van der Waals surface area contributed by atoms with Gasteiger partial charge in [0.1, 0.15) is 11.6 Å². The number of H-pyrrole nitrogens is 1. The van der Waals surface area contributed by atoms with Gasteiger partial charge in [-0.2, -0.15) is 5.10 Å². The third kappa shape index (κ3) is 3.31. The summed E-state index contributed by atoms with van der Waals surface area (Å²) in [5.41, 5.74) is 11.3. The topological polar surface area (TPSA) is 109 Å². The smallest absolute Gasteiger partial charge is 0.255 e. The van der Waals surface area contributed by atoms with E-state index < -0.39 is 0 Å². The Morgan fingerprint density at radius 3 is 2.81 bits per heavy atom. The van der Waals surface area contributed by atoms with Crippen molar-refractivity contribution in [3.8, 4) is 0 Å². The summed E-state index contributed by atoms with van der Waals surface area (Å²) in [6, 6.07) is 7.09. The lowest BCUT2D eigenvalue weighted by molar-refractivity contribution is 0.186. The van der Waals surface area contributed by atoms with E-state index in [1.165, 1.54) is 6.07 Å². The number of aromatic nitrogens is 5. The van der Waals surface area contributed by atoms with Crippen LogP contribution in [0.1, 0.15) is 42.0 Å². The fourth-order valence-corrected chi connectivity index (χ4v) is 6.55. The summed E-state index contributed by atoms with van der Waals surface area (Å²) in [7, 11) is 1.78. The van der Waals surface area contributed by atoms with Gasteiger partial charge >= 0.3 is 0 Å². The number of rotatable bonds is 2. The first-order valence-electron chi connectivity index (χ1n) is 12.9. The molecule has 0 radical (unpaired) electrons. The van der Waals surface area contributed by atoms with E-state index in [2.05, 4.69) is 20.0 Å². The molecule has 4 aromatic rings. The SMILES string of the molecule is Cn1ccc2c(c1=O)CCCN2c1n[nH]c2nc(N3CCC4(CC3)Cc3c(F)cccc3[C@H]4N)cnc12. The molecule has 1 aromatic carbocycles. The summed E-state index contributed by atoms with van der Waals surface area (Å²) in [4.78, 5) is 26.6. The number of aromatic amines is 1. The molecule has 190 valence electrons. The minimum absolute atomic E-state index is 0.0334. The maximum absolute atomic E-state index is 14.4. The molecule has 7 rings (SSSR count). The molecule has 1 atom stereocenters. The summed E-state index contributed by atoms with van der Waals surface area (Å²) in [5, 5.41) is 7.61. The van der Waals surface area contributed by atoms with Crippen LogP contribution in [0.2, 0.25) is 0 Å². The molecule has 1 fully saturated rings. The first-order chi connectivity index (χ1) is 17.9. The number of nitrogens with two attached hydrogens (primary N) is 1. The maximum Gasteiger partial charge on any atom is 0.255 e. The van der Waals surface area contributed by atoms with Crippen molar-refractivity contribution in [2.75, 3.05) is 29.4 Å². The molecule has 3 aromatic heterocycles. The van der Waals surface area contributed by atoms with Gasteiger partial charge in [0.15, 0.2) is 17.0 Å². The summed E-state index contributed by atoms with van der Waals surface area (Å²) in [6.07, 6.45) is 7.67. The van der Waals surface area contributed by atoms with Crippen LogP contribution in [0, 0.1) is 11.2 Å². The summed E-state index contributed by atoms with van der Waals surface area (Å²) >= 11 is 0. The van der Waals surface area contributed by atoms with Crippen molar-refractivity contribution in [1.29, 1.82) is 0 Å². The van der Waals surface area contributed by atoms with Crippen LogP contribution in [0.3, 0.4) is 0 Å². The number of nitrogens with one attached hydrogen (secondary N) is 1. The van der Waals surface area contributed by atoms with Crippen molar-refractivity contribution in [2.24, 2.45) is 18.2 Å². The van der Waals surface area contributed by atoms with E-state index in [9.17, 15) is 9.18 Å². The molecular weight excluding hydrogens is 471 g/mol. The molecule has 2 aliphatic heterocycles. The van der Waals surface area contributed by atoms with Crippen LogP contribution >= 0.6 is 0 Å². The van der Waals surface area contributed by atoms with Crippen LogP contribution in [0.25, 0.3) is 11.2 Å². The van der Waals surface area contributed by atoms with E-state index in [4.69, 9.17) is 15.7 Å². The van der Waals surface area contributed by atoms with Gasteiger partial charge in [0.2, 0.25) is 0 Å². The lowest BCUT2D eigenvalue weighted by atomic mass is 9.73. The van der Waals surface area contributed by atoms with Crippen LogP contribution in [0.15, 0.2) is 41.5 Å². The molecule has 10 heteroatoms. The normalized spacial score (nSPS) is 20.5. The zero-order valence-corrected chi connectivity index (χ0v) is 20.7. The lowest BCUT2D eigenvalue weighted by Crippen LogP contribution is -2.44. The van der Waals surface area contributed by atoms with Crippen molar-refractivity contribution in [1.82, 2.24) is 24.7 Å². The van der Waals surface area contributed by atoms with E-state index in [-0.39, 0.29) is 22.8 Å². The number of pyridine rings is 1. The second-order valence-electron chi connectivity index (χ2n) is 10.6. The highest BCUT2D eigenvalue weighted by Crippen LogP contribution is 2.51. The fourth-order valence-electron chi connectivity index (χ4n) is 6.55.